The van der Waals surface area contributed by atoms with Crippen LogP contribution >= 0.6 is 11.8 Å². The number of nitrogens with zero attached hydrogens (tertiary/aromatic N) is 3. The lowest BCUT2D eigenvalue weighted by molar-refractivity contribution is -0.204. The number of β-lactam (4-membered cyclic amide) rings is 1. The van der Waals surface area contributed by atoms with E-state index in [2.05, 4.69) is 10.6 Å². The first-order valence-electron chi connectivity index (χ1n) is 11.8. The summed E-state index contributed by atoms with van der Waals surface area (Å²) in [5, 5.41) is 13.2. The van der Waals surface area contributed by atoms with E-state index >= 15 is 0 Å². The number of esters is 1. The van der Waals surface area contributed by atoms with Crippen LogP contribution in [0.2, 0.25) is 0 Å². The Morgan fingerprint density at radius 1 is 1.13 bits per heavy atom. The van der Waals surface area contributed by atoms with Gasteiger partial charge in [0.05, 0.1) is 11.7 Å². The predicted molar refractivity (Wildman–Crippen MR) is 127 cm³/mol. The lowest BCUT2D eigenvalue weighted by atomic mass is 9.98. The van der Waals surface area contributed by atoms with Gasteiger partial charge in [0.2, 0.25) is 5.91 Å². The SMILES string of the molecule is CCN1CCN(C(=O)N[C@H](C(=O)NC2C(=O)N3[C@@H]2S[C@@H]2CC(=O)O[C@@]23C(=O)O)c2ccccc2)C(=O)C1=O. The number of carboxylic acids is 1. The molecule has 6 amide bonds. The van der Waals surface area contributed by atoms with E-state index in [1.165, 1.54) is 4.90 Å². The highest BCUT2D eigenvalue weighted by Gasteiger charge is 2.75. The van der Waals surface area contributed by atoms with Crippen molar-refractivity contribution >= 4 is 53.4 Å². The molecule has 1 aromatic rings. The molecule has 4 aliphatic heterocycles. The zero-order valence-corrected chi connectivity index (χ0v) is 20.8. The summed E-state index contributed by atoms with van der Waals surface area (Å²) in [7, 11) is 0. The normalized spacial score (nSPS) is 28.8. The van der Waals surface area contributed by atoms with E-state index in [4.69, 9.17) is 4.74 Å². The molecule has 4 heterocycles. The first kappa shape index (κ1) is 25.5. The van der Waals surface area contributed by atoms with Gasteiger partial charge < -0.3 is 25.4 Å². The van der Waals surface area contributed by atoms with Crippen molar-refractivity contribution < 1.29 is 43.4 Å². The molecule has 3 N–H and O–H groups in total. The highest BCUT2D eigenvalue weighted by atomic mass is 32.2. The predicted octanol–water partition coefficient (Wildman–Crippen LogP) is -1.38. The molecule has 0 bridgehead atoms. The van der Waals surface area contributed by atoms with Gasteiger partial charge in [0.25, 0.3) is 11.6 Å². The molecule has 5 rings (SSSR count). The summed E-state index contributed by atoms with van der Waals surface area (Å²) < 4.78 is 5.07. The van der Waals surface area contributed by atoms with Gasteiger partial charge in [0.15, 0.2) is 0 Å². The summed E-state index contributed by atoms with van der Waals surface area (Å²) in [5.74, 6) is -5.58. The zero-order valence-electron chi connectivity index (χ0n) is 20.0. The second-order valence-corrected chi connectivity index (χ2v) is 10.3. The molecule has 0 aromatic heterocycles. The smallest absolute Gasteiger partial charge is 0.371 e. The summed E-state index contributed by atoms with van der Waals surface area (Å²) in [4.78, 5) is 90.8. The number of hydrogen-bond acceptors (Lipinski definition) is 9. The highest BCUT2D eigenvalue weighted by Crippen LogP contribution is 2.55. The summed E-state index contributed by atoms with van der Waals surface area (Å²) in [6.45, 7) is 2.11. The van der Waals surface area contributed by atoms with Crippen molar-refractivity contribution in [2.75, 3.05) is 19.6 Å². The molecule has 15 heteroatoms. The van der Waals surface area contributed by atoms with Crippen molar-refractivity contribution in [3.05, 3.63) is 35.9 Å². The molecule has 0 radical (unpaired) electrons. The van der Waals surface area contributed by atoms with Crippen molar-refractivity contribution in [3.8, 4) is 0 Å². The number of thioether (sulfide) groups is 1. The van der Waals surface area contributed by atoms with Crippen LogP contribution < -0.4 is 10.6 Å². The van der Waals surface area contributed by atoms with Gasteiger partial charge in [-0.2, -0.15) is 0 Å². The number of likely N-dealkylation sites (N-methyl/N-ethyl adjacent to an activating group) is 1. The van der Waals surface area contributed by atoms with Gasteiger partial charge in [-0.15, -0.1) is 11.8 Å². The van der Waals surface area contributed by atoms with E-state index in [0.29, 0.717) is 12.1 Å². The van der Waals surface area contributed by atoms with Gasteiger partial charge in [0, 0.05) is 19.6 Å². The number of rotatable bonds is 6. The number of amides is 6. The molecule has 4 fully saturated rings. The van der Waals surface area contributed by atoms with Crippen LogP contribution in [0.25, 0.3) is 0 Å². The average molecular weight is 546 g/mol. The molecule has 0 aliphatic carbocycles. The lowest BCUT2D eigenvalue weighted by Gasteiger charge is -2.46. The Morgan fingerprint density at radius 3 is 2.50 bits per heavy atom. The van der Waals surface area contributed by atoms with Crippen LogP contribution in [0.5, 0.6) is 0 Å². The van der Waals surface area contributed by atoms with Gasteiger partial charge >= 0.3 is 29.8 Å². The van der Waals surface area contributed by atoms with Gasteiger partial charge in [-0.05, 0) is 12.5 Å². The molecule has 1 unspecified atom stereocenters. The van der Waals surface area contributed by atoms with Gasteiger partial charge in [-0.25, -0.2) is 9.59 Å². The van der Waals surface area contributed by atoms with E-state index in [1.807, 2.05) is 0 Å². The highest BCUT2D eigenvalue weighted by molar-refractivity contribution is 8.01. The Kier molecular flexibility index (Phi) is 6.25. The second-order valence-electron chi connectivity index (χ2n) is 9.02. The molecule has 14 nitrogen and oxygen atoms in total. The van der Waals surface area contributed by atoms with E-state index in [9.17, 15) is 38.7 Å². The number of benzene rings is 1. The number of urea groups is 1. The van der Waals surface area contributed by atoms with Gasteiger partial charge in [-0.1, -0.05) is 30.3 Å². The Hall–Kier alpha value is -4.14. The largest absolute Gasteiger partial charge is 0.477 e. The van der Waals surface area contributed by atoms with Gasteiger partial charge in [0.1, 0.15) is 17.5 Å². The first-order valence-corrected chi connectivity index (χ1v) is 12.7. The number of fused-ring (bicyclic) bond motifs is 3. The zero-order chi connectivity index (χ0) is 27.4. The first-order chi connectivity index (χ1) is 18.1. The quantitative estimate of drug-likeness (QED) is 0.219. The number of imide groups is 1. The molecule has 38 heavy (non-hydrogen) atoms. The van der Waals surface area contributed by atoms with Crippen molar-refractivity contribution in [2.45, 2.75) is 41.8 Å². The van der Waals surface area contributed by atoms with E-state index in [-0.39, 0.29) is 19.5 Å². The maximum Gasteiger partial charge on any atom is 0.371 e. The number of carboxylic acid groups (broad SMARTS) is 1. The monoisotopic (exact) mass is 545 g/mol. The molecule has 0 spiro atoms. The molecule has 0 saturated carbocycles. The van der Waals surface area contributed by atoms with Crippen molar-refractivity contribution in [1.82, 2.24) is 25.3 Å². The molecular weight excluding hydrogens is 522 g/mol. The number of carbonyl (C=O) groups excluding carboxylic acids is 6. The molecule has 4 aliphatic rings. The molecule has 5 atom stereocenters. The number of ether oxygens (including phenoxy) is 1. The fraction of sp³-hybridized carbons (Fsp3) is 0.435. The van der Waals surface area contributed by atoms with E-state index < -0.39 is 70.0 Å². The van der Waals surface area contributed by atoms with Crippen LogP contribution in [0.3, 0.4) is 0 Å². The van der Waals surface area contributed by atoms with Crippen LogP contribution in [-0.4, -0.2) is 103 Å². The Bertz CT molecular complexity index is 1260. The molecule has 4 saturated heterocycles. The maximum absolute atomic E-state index is 13.4. The number of piperazine rings is 1. The topological polar surface area (TPSA) is 183 Å². The van der Waals surface area contributed by atoms with E-state index in [0.717, 1.165) is 21.6 Å². The Balaban J connectivity index is 1.33. The minimum Gasteiger partial charge on any atom is -0.477 e. The second kappa shape index (κ2) is 9.31. The van der Waals surface area contributed by atoms with Crippen LogP contribution in [0, 0.1) is 0 Å². The number of nitrogens with one attached hydrogen (secondary N) is 2. The third kappa shape index (κ3) is 3.76. The fourth-order valence-electron chi connectivity index (χ4n) is 5.01. The number of aliphatic carboxylic acids is 1. The summed E-state index contributed by atoms with van der Waals surface area (Å²) in [6, 6.07) is 4.66. The summed E-state index contributed by atoms with van der Waals surface area (Å²) in [6.07, 6.45) is -0.196. The maximum atomic E-state index is 13.4. The van der Waals surface area contributed by atoms with Gasteiger partial charge in [-0.3, -0.25) is 33.8 Å². The van der Waals surface area contributed by atoms with E-state index in [1.54, 1.807) is 37.3 Å². The van der Waals surface area contributed by atoms with Crippen LogP contribution in [0.4, 0.5) is 4.79 Å². The van der Waals surface area contributed by atoms with Crippen molar-refractivity contribution in [1.29, 1.82) is 0 Å². The average Bonchev–Trinajstić information content (AvgIpc) is 3.37. The fourth-order valence-corrected chi connectivity index (χ4v) is 6.75. The minimum absolute atomic E-state index is 0.0560. The summed E-state index contributed by atoms with van der Waals surface area (Å²) in [5.41, 5.74) is -1.77. The number of hydrogen-bond donors (Lipinski definition) is 3. The molecule has 200 valence electrons. The van der Waals surface area contributed by atoms with Crippen LogP contribution in [0.15, 0.2) is 30.3 Å². The van der Waals surface area contributed by atoms with Crippen molar-refractivity contribution in [2.24, 2.45) is 0 Å². The van der Waals surface area contributed by atoms with Crippen molar-refractivity contribution in [3.63, 3.8) is 0 Å². The summed E-state index contributed by atoms with van der Waals surface area (Å²) >= 11 is 1.04. The van der Waals surface area contributed by atoms with Crippen LogP contribution in [-0.2, 0) is 33.5 Å². The third-order valence-corrected chi connectivity index (χ3v) is 8.54. The molecule has 1 aromatic carbocycles. The molecular formula is C23H23N5O9S. The number of carbonyl (C=O) groups is 7. The lowest BCUT2D eigenvalue weighted by Crippen LogP contribution is -2.75. The third-order valence-electron chi connectivity index (χ3n) is 6.97. The standard InChI is InChI=1S/C23H23N5O9S/c1-2-26-8-9-27(19(33)18(26)32)22(36)25-14(11-6-4-3-5-7-11)16(30)24-15-17(31)28-20(15)38-12-10-13(29)37-23(12,28)21(34)35/h3-7,12,14-15,20H,2,8-10H2,1H3,(H,24,30)(H,25,36)(H,34,35)/t12-,14+,15?,20-,23-/m1/s1. The Morgan fingerprint density at radius 2 is 1.84 bits per heavy atom. The minimum atomic E-state index is -2.12. The van der Waals surface area contributed by atoms with Crippen LogP contribution in [0.1, 0.15) is 24.9 Å². The Labute approximate surface area is 219 Å².